The lowest BCUT2D eigenvalue weighted by Gasteiger charge is -2.22. The number of pyridine rings is 2. The van der Waals surface area contributed by atoms with Crippen LogP contribution < -0.4 is 5.32 Å². The fourth-order valence-electron chi connectivity index (χ4n) is 3.27. The largest absolute Gasteiger partial charge is 0.363 e. The Morgan fingerprint density at radius 2 is 2.04 bits per heavy atom. The minimum atomic E-state index is 0.590. The number of nitriles is 1. The molecule has 1 aliphatic carbocycles. The van der Waals surface area contributed by atoms with E-state index in [1.165, 1.54) is 23.2 Å². The van der Waals surface area contributed by atoms with Crippen LogP contribution in [-0.2, 0) is 25.8 Å². The molecule has 0 fully saturated rings. The van der Waals surface area contributed by atoms with Gasteiger partial charge >= 0.3 is 0 Å². The van der Waals surface area contributed by atoms with E-state index in [1.807, 2.05) is 18.2 Å². The van der Waals surface area contributed by atoms with Gasteiger partial charge in [-0.1, -0.05) is 19.4 Å². The fraction of sp³-hybridized carbons (Fsp3) is 0.421. The maximum Gasteiger partial charge on any atom is 0.144 e. The molecule has 0 saturated carbocycles. The summed E-state index contributed by atoms with van der Waals surface area (Å²) in [6, 6.07) is 8.23. The van der Waals surface area contributed by atoms with Gasteiger partial charge in [0.25, 0.3) is 0 Å². The van der Waals surface area contributed by atoms with Crippen molar-refractivity contribution >= 4 is 5.82 Å². The maximum atomic E-state index is 9.65. The zero-order chi connectivity index (χ0) is 16.1. The summed E-state index contributed by atoms with van der Waals surface area (Å²) in [6.07, 6.45) is 8.26. The lowest BCUT2D eigenvalue weighted by atomic mass is 9.87. The fourth-order valence-corrected chi connectivity index (χ4v) is 3.27. The zero-order valence-corrected chi connectivity index (χ0v) is 13.6. The number of fused-ring (bicyclic) bond motifs is 1. The molecule has 0 atom stereocenters. The Morgan fingerprint density at radius 3 is 2.74 bits per heavy atom. The van der Waals surface area contributed by atoms with Crippen molar-refractivity contribution in [3.63, 3.8) is 0 Å². The number of rotatable bonds is 5. The molecule has 2 heterocycles. The molecular weight excluding hydrogens is 284 g/mol. The third-order valence-corrected chi connectivity index (χ3v) is 4.36. The Kier molecular flexibility index (Phi) is 4.87. The lowest BCUT2D eigenvalue weighted by molar-refractivity contribution is 0.667. The number of nitrogens with zero attached hydrogens (tertiary/aromatic N) is 3. The molecule has 2 aromatic rings. The van der Waals surface area contributed by atoms with Crippen molar-refractivity contribution in [3.8, 4) is 6.07 Å². The van der Waals surface area contributed by atoms with Gasteiger partial charge in [-0.05, 0) is 55.4 Å². The number of aromatic nitrogens is 2. The van der Waals surface area contributed by atoms with Crippen molar-refractivity contribution in [2.45, 2.75) is 52.0 Å². The number of nitrogens with one attached hydrogen (secondary N) is 1. The van der Waals surface area contributed by atoms with Crippen molar-refractivity contribution in [1.82, 2.24) is 9.97 Å². The van der Waals surface area contributed by atoms with Gasteiger partial charge in [0.1, 0.15) is 11.9 Å². The van der Waals surface area contributed by atoms with Crippen LogP contribution in [0.2, 0.25) is 0 Å². The average molecular weight is 306 g/mol. The Labute approximate surface area is 137 Å². The van der Waals surface area contributed by atoms with E-state index in [4.69, 9.17) is 4.98 Å². The second kappa shape index (κ2) is 7.23. The van der Waals surface area contributed by atoms with Crippen molar-refractivity contribution in [2.24, 2.45) is 0 Å². The molecule has 0 spiro atoms. The highest BCUT2D eigenvalue weighted by Gasteiger charge is 2.21. The van der Waals surface area contributed by atoms with Gasteiger partial charge in [-0.15, -0.1) is 0 Å². The van der Waals surface area contributed by atoms with Crippen LogP contribution in [0.25, 0.3) is 0 Å². The molecule has 2 aromatic heterocycles. The monoisotopic (exact) mass is 306 g/mol. The summed E-state index contributed by atoms with van der Waals surface area (Å²) in [5.41, 5.74) is 5.41. The van der Waals surface area contributed by atoms with Crippen molar-refractivity contribution in [1.29, 1.82) is 5.26 Å². The van der Waals surface area contributed by atoms with Gasteiger partial charge in [0, 0.05) is 11.9 Å². The molecule has 4 heteroatoms. The third-order valence-electron chi connectivity index (χ3n) is 4.36. The quantitative estimate of drug-likeness (QED) is 0.913. The zero-order valence-electron chi connectivity index (χ0n) is 13.6. The van der Waals surface area contributed by atoms with Crippen LogP contribution in [0.3, 0.4) is 0 Å². The molecular formula is C19H22N4. The highest BCUT2D eigenvalue weighted by molar-refractivity contribution is 5.60. The smallest absolute Gasteiger partial charge is 0.144 e. The SMILES string of the molecule is CCCc1nc(NCc2ccccn2)c(C#N)c2c1CCCC2. The van der Waals surface area contributed by atoms with Gasteiger partial charge in [-0.25, -0.2) is 4.98 Å². The number of aryl methyl sites for hydroxylation is 1. The Morgan fingerprint density at radius 1 is 1.22 bits per heavy atom. The summed E-state index contributed by atoms with van der Waals surface area (Å²) in [6.45, 7) is 2.77. The summed E-state index contributed by atoms with van der Waals surface area (Å²) in [7, 11) is 0. The van der Waals surface area contributed by atoms with E-state index in [1.54, 1.807) is 6.20 Å². The molecule has 0 aliphatic heterocycles. The molecule has 0 amide bonds. The number of hydrogen-bond acceptors (Lipinski definition) is 4. The Hall–Kier alpha value is -2.41. The standard InChI is InChI=1S/C19H22N4/c1-2-7-18-16-10-4-3-9-15(16)17(12-20)19(23-18)22-13-14-8-5-6-11-21-14/h5-6,8,11H,2-4,7,9-10,13H2,1H3,(H,22,23). The Balaban J connectivity index is 1.95. The van der Waals surface area contributed by atoms with Crippen LogP contribution in [-0.4, -0.2) is 9.97 Å². The molecule has 3 rings (SSSR count). The van der Waals surface area contributed by atoms with Crippen LogP contribution in [0.5, 0.6) is 0 Å². The first-order valence-corrected chi connectivity index (χ1v) is 8.42. The normalized spacial score (nSPS) is 13.2. The molecule has 0 radical (unpaired) electrons. The molecule has 1 aliphatic rings. The minimum Gasteiger partial charge on any atom is -0.363 e. The van der Waals surface area contributed by atoms with E-state index in [0.717, 1.165) is 49.2 Å². The first kappa shape index (κ1) is 15.5. The van der Waals surface area contributed by atoms with Gasteiger partial charge in [-0.3, -0.25) is 4.98 Å². The first-order chi connectivity index (χ1) is 11.3. The van der Waals surface area contributed by atoms with Crippen molar-refractivity contribution < 1.29 is 0 Å². The van der Waals surface area contributed by atoms with E-state index in [-0.39, 0.29) is 0 Å². The first-order valence-electron chi connectivity index (χ1n) is 8.42. The molecule has 118 valence electrons. The lowest BCUT2D eigenvalue weighted by Crippen LogP contribution is -2.15. The van der Waals surface area contributed by atoms with E-state index < -0.39 is 0 Å². The predicted molar refractivity (Wildman–Crippen MR) is 91.2 cm³/mol. The van der Waals surface area contributed by atoms with Gasteiger partial charge < -0.3 is 5.32 Å². The third kappa shape index (κ3) is 3.34. The highest BCUT2D eigenvalue weighted by atomic mass is 15.0. The van der Waals surface area contributed by atoms with Crippen molar-refractivity contribution in [3.05, 3.63) is 52.5 Å². The van der Waals surface area contributed by atoms with Gasteiger partial charge in [-0.2, -0.15) is 5.26 Å². The average Bonchev–Trinajstić information content (AvgIpc) is 2.61. The van der Waals surface area contributed by atoms with E-state index in [2.05, 4.69) is 23.3 Å². The van der Waals surface area contributed by atoms with E-state index in [9.17, 15) is 5.26 Å². The van der Waals surface area contributed by atoms with Crippen molar-refractivity contribution in [2.75, 3.05) is 5.32 Å². The summed E-state index contributed by atoms with van der Waals surface area (Å²) in [5.74, 6) is 0.724. The minimum absolute atomic E-state index is 0.590. The molecule has 0 aromatic carbocycles. The molecule has 23 heavy (non-hydrogen) atoms. The number of anilines is 1. The van der Waals surface area contributed by atoms with E-state index >= 15 is 0 Å². The molecule has 0 unspecified atom stereocenters. The topological polar surface area (TPSA) is 61.6 Å². The molecule has 4 nitrogen and oxygen atoms in total. The van der Waals surface area contributed by atoms with Crippen LogP contribution >= 0.6 is 0 Å². The summed E-state index contributed by atoms with van der Waals surface area (Å²) >= 11 is 0. The van der Waals surface area contributed by atoms with Crippen LogP contribution in [0, 0.1) is 11.3 Å². The summed E-state index contributed by atoms with van der Waals surface area (Å²) in [5, 5.41) is 13.0. The molecule has 0 saturated heterocycles. The molecule has 0 bridgehead atoms. The van der Waals surface area contributed by atoms with Gasteiger partial charge in [0.05, 0.1) is 17.8 Å². The summed E-state index contributed by atoms with van der Waals surface area (Å²) in [4.78, 5) is 9.12. The predicted octanol–water partition coefficient (Wildman–Crippen LogP) is 3.79. The van der Waals surface area contributed by atoms with Crippen LogP contribution in [0.1, 0.15) is 54.3 Å². The van der Waals surface area contributed by atoms with Gasteiger partial charge in [0.15, 0.2) is 0 Å². The highest BCUT2D eigenvalue weighted by Crippen LogP contribution is 2.31. The second-order valence-electron chi connectivity index (χ2n) is 5.98. The maximum absolute atomic E-state index is 9.65. The van der Waals surface area contributed by atoms with Gasteiger partial charge in [0.2, 0.25) is 0 Å². The second-order valence-corrected chi connectivity index (χ2v) is 5.98. The van der Waals surface area contributed by atoms with Crippen LogP contribution in [0.4, 0.5) is 5.82 Å². The van der Waals surface area contributed by atoms with E-state index in [0.29, 0.717) is 6.54 Å². The summed E-state index contributed by atoms with van der Waals surface area (Å²) < 4.78 is 0. The molecule has 1 N–H and O–H groups in total. The van der Waals surface area contributed by atoms with Crippen LogP contribution in [0.15, 0.2) is 24.4 Å². The number of hydrogen-bond donors (Lipinski definition) is 1. The Bertz CT molecular complexity index is 716.